The van der Waals surface area contributed by atoms with Crippen LogP contribution in [0.4, 0.5) is 38.0 Å². The van der Waals surface area contributed by atoms with Gasteiger partial charge in [-0.05, 0) is 18.2 Å². The lowest BCUT2D eigenvalue weighted by molar-refractivity contribution is -0.142. The van der Waals surface area contributed by atoms with Crippen LogP contribution in [0.3, 0.4) is 0 Å². The van der Waals surface area contributed by atoms with E-state index >= 15 is 0 Å². The summed E-state index contributed by atoms with van der Waals surface area (Å²) >= 11 is 0. The number of rotatable bonds is 2. The van der Waals surface area contributed by atoms with E-state index in [4.69, 9.17) is 0 Å². The highest BCUT2D eigenvalue weighted by molar-refractivity contribution is 5.95. The standard InChI is InChI=1S/C15H8F6N4/c16-14(17,18)9-4-1-3-8-10(24-13-22-5-2-6-23-13)7-11(15(19,20)21)25-12(8)9/h1-7H,(H,22,23,24,25). The third-order valence-corrected chi connectivity index (χ3v) is 3.25. The minimum Gasteiger partial charge on any atom is -0.323 e. The maximum Gasteiger partial charge on any atom is 0.433 e. The Labute approximate surface area is 136 Å². The average molecular weight is 358 g/mol. The Balaban J connectivity index is 2.27. The fourth-order valence-electron chi connectivity index (χ4n) is 2.21. The van der Waals surface area contributed by atoms with Crippen LogP contribution < -0.4 is 5.32 Å². The molecule has 0 saturated carbocycles. The number of aromatic nitrogens is 3. The summed E-state index contributed by atoms with van der Waals surface area (Å²) in [5.74, 6) is -0.0551. The smallest absolute Gasteiger partial charge is 0.323 e. The van der Waals surface area contributed by atoms with Gasteiger partial charge in [0.25, 0.3) is 0 Å². The molecule has 3 aromatic rings. The molecule has 4 nitrogen and oxygen atoms in total. The first-order valence-corrected chi connectivity index (χ1v) is 6.78. The summed E-state index contributed by atoms with van der Waals surface area (Å²) in [5.41, 5.74) is -3.74. The molecule has 0 aliphatic heterocycles. The number of halogens is 6. The summed E-state index contributed by atoms with van der Waals surface area (Å²) in [6, 6.07) is 5.12. The van der Waals surface area contributed by atoms with Crippen LogP contribution in [0.2, 0.25) is 0 Å². The number of alkyl halides is 6. The first kappa shape index (κ1) is 16.9. The van der Waals surface area contributed by atoms with Gasteiger partial charge >= 0.3 is 12.4 Å². The molecule has 10 heteroatoms. The van der Waals surface area contributed by atoms with E-state index in [9.17, 15) is 26.3 Å². The molecule has 25 heavy (non-hydrogen) atoms. The lowest BCUT2D eigenvalue weighted by atomic mass is 10.1. The summed E-state index contributed by atoms with van der Waals surface area (Å²) in [7, 11) is 0. The van der Waals surface area contributed by atoms with Crippen molar-refractivity contribution in [3.63, 3.8) is 0 Å². The summed E-state index contributed by atoms with van der Waals surface area (Å²) in [5, 5.41) is 2.38. The van der Waals surface area contributed by atoms with Crippen molar-refractivity contribution in [2.45, 2.75) is 12.4 Å². The molecular weight excluding hydrogens is 350 g/mol. The van der Waals surface area contributed by atoms with Crippen molar-refractivity contribution in [3.05, 3.63) is 54.0 Å². The third-order valence-electron chi connectivity index (χ3n) is 3.25. The van der Waals surface area contributed by atoms with E-state index in [-0.39, 0.29) is 17.0 Å². The Kier molecular flexibility index (Phi) is 3.97. The second-order valence-electron chi connectivity index (χ2n) is 4.95. The fourth-order valence-corrected chi connectivity index (χ4v) is 2.21. The van der Waals surface area contributed by atoms with Crippen molar-refractivity contribution in [3.8, 4) is 0 Å². The van der Waals surface area contributed by atoms with E-state index in [0.717, 1.165) is 6.07 Å². The highest BCUT2D eigenvalue weighted by Crippen LogP contribution is 2.39. The van der Waals surface area contributed by atoms with Gasteiger partial charge in [0.05, 0.1) is 16.8 Å². The summed E-state index contributed by atoms with van der Waals surface area (Å²) < 4.78 is 78.6. The fraction of sp³-hybridized carbons (Fsp3) is 0.133. The second-order valence-corrected chi connectivity index (χ2v) is 4.95. The van der Waals surface area contributed by atoms with Crippen LogP contribution in [-0.4, -0.2) is 15.0 Å². The first-order chi connectivity index (χ1) is 11.7. The predicted octanol–water partition coefficient (Wildman–Crippen LogP) is 4.81. The molecule has 1 aromatic carbocycles. The van der Waals surface area contributed by atoms with Gasteiger partial charge in [0.2, 0.25) is 5.95 Å². The number of nitrogens with zero attached hydrogens (tertiary/aromatic N) is 3. The minimum atomic E-state index is -4.92. The van der Waals surface area contributed by atoms with E-state index in [1.165, 1.54) is 24.5 Å². The Bertz CT molecular complexity index is 906. The SMILES string of the molecule is FC(F)(F)c1cc(Nc2ncccn2)c2cccc(C(F)(F)F)c2n1. The zero-order chi connectivity index (χ0) is 18.2. The number of benzene rings is 1. The highest BCUT2D eigenvalue weighted by Gasteiger charge is 2.37. The largest absolute Gasteiger partial charge is 0.433 e. The number of nitrogens with one attached hydrogen (secondary N) is 1. The van der Waals surface area contributed by atoms with Gasteiger partial charge in [-0.2, -0.15) is 26.3 Å². The maximum absolute atomic E-state index is 13.1. The van der Waals surface area contributed by atoms with Gasteiger partial charge in [-0.3, -0.25) is 0 Å². The molecule has 0 unspecified atom stereocenters. The zero-order valence-electron chi connectivity index (χ0n) is 12.2. The van der Waals surface area contributed by atoms with Gasteiger partial charge in [-0.25, -0.2) is 15.0 Å². The van der Waals surface area contributed by atoms with Crippen molar-refractivity contribution >= 4 is 22.5 Å². The second kappa shape index (κ2) is 5.87. The quantitative estimate of drug-likeness (QED) is 0.668. The van der Waals surface area contributed by atoms with Gasteiger partial charge in [-0.15, -0.1) is 0 Å². The molecular formula is C15H8F6N4. The summed E-state index contributed by atoms with van der Waals surface area (Å²) in [6.07, 6.45) is -7.09. The number of fused-ring (bicyclic) bond motifs is 1. The van der Waals surface area contributed by atoms with E-state index in [1.54, 1.807) is 0 Å². The molecule has 0 amide bonds. The highest BCUT2D eigenvalue weighted by atomic mass is 19.4. The first-order valence-electron chi connectivity index (χ1n) is 6.78. The van der Waals surface area contributed by atoms with E-state index < -0.39 is 29.1 Å². The van der Waals surface area contributed by atoms with Crippen molar-refractivity contribution in [2.75, 3.05) is 5.32 Å². The summed E-state index contributed by atoms with van der Waals surface area (Å²) in [4.78, 5) is 10.8. The number of pyridine rings is 1. The molecule has 3 rings (SSSR count). The molecule has 130 valence electrons. The molecule has 0 bridgehead atoms. The third kappa shape index (κ3) is 3.47. The van der Waals surface area contributed by atoms with Crippen molar-refractivity contribution in [1.82, 2.24) is 15.0 Å². The van der Waals surface area contributed by atoms with Crippen LogP contribution >= 0.6 is 0 Å². The van der Waals surface area contributed by atoms with Crippen LogP contribution in [0.1, 0.15) is 11.3 Å². The lowest BCUT2D eigenvalue weighted by Gasteiger charge is -2.15. The predicted molar refractivity (Wildman–Crippen MR) is 77.1 cm³/mol. The number of para-hydroxylation sites is 1. The zero-order valence-corrected chi connectivity index (χ0v) is 12.2. The molecule has 0 fully saturated rings. The van der Waals surface area contributed by atoms with Crippen molar-refractivity contribution < 1.29 is 26.3 Å². The molecule has 0 atom stereocenters. The Morgan fingerprint density at radius 2 is 1.52 bits per heavy atom. The number of hydrogen-bond donors (Lipinski definition) is 1. The normalized spacial score (nSPS) is 12.4. The Morgan fingerprint density at radius 3 is 2.12 bits per heavy atom. The molecule has 0 saturated heterocycles. The molecule has 0 aliphatic carbocycles. The molecule has 0 spiro atoms. The molecule has 1 N–H and O–H groups in total. The lowest BCUT2D eigenvalue weighted by Crippen LogP contribution is -2.12. The molecule has 0 aliphatic rings. The molecule has 0 radical (unpaired) electrons. The topological polar surface area (TPSA) is 50.7 Å². The molecule has 2 heterocycles. The van der Waals surface area contributed by atoms with Gasteiger partial charge in [0.1, 0.15) is 5.69 Å². The maximum atomic E-state index is 13.1. The van der Waals surface area contributed by atoms with Crippen LogP contribution in [0.15, 0.2) is 42.7 Å². The minimum absolute atomic E-state index is 0.0551. The average Bonchev–Trinajstić information content (AvgIpc) is 2.53. The van der Waals surface area contributed by atoms with Gasteiger partial charge < -0.3 is 5.32 Å². The van der Waals surface area contributed by atoms with E-state index in [0.29, 0.717) is 12.1 Å². The van der Waals surface area contributed by atoms with E-state index in [2.05, 4.69) is 20.3 Å². The van der Waals surface area contributed by atoms with E-state index in [1.807, 2.05) is 0 Å². The van der Waals surface area contributed by atoms with Gasteiger partial charge in [0, 0.05) is 17.8 Å². The summed E-state index contributed by atoms with van der Waals surface area (Å²) in [6.45, 7) is 0. The van der Waals surface area contributed by atoms with Crippen LogP contribution in [-0.2, 0) is 12.4 Å². The monoisotopic (exact) mass is 358 g/mol. The van der Waals surface area contributed by atoms with Gasteiger partial charge in [0.15, 0.2) is 0 Å². The van der Waals surface area contributed by atoms with Crippen LogP contribution in [0, 0.1) is 0 Å². The van der Waals surface area contributed by atoms with Crippen molar-refractivity contribution in [2.24, 2.45) is 0 Å². The van der Waals surface area contributed by atoms with Gasteiger partial charge in [-0.1, -0.05) is 12.1 Å². The molecule has 2 aromatic heterocycles. The number of anilines is 2. The Hall–Kier alpha value is -2.91. The van der Waals surface area contributed by atoms with Crippen molar-refractivity contribution in [1.29, 1.82) is 0 Å². The number of hydrogen-bond acceptors (Lipinski definition) is 4. The van der Waals surface area contributed by atoms with Crippen LogP contribution in [0.25, 0.3) is 10.9 Å². The Morgan fingerprint density at radius 1 is 0.840 bits per heavy atom. The van der Waals surface area contributed by atoms with Crippen LogP contribution in [0.5, 0.6) is 0 Å².